The van der Waals surface area contributed by atoms with Crippen molar-refractivity contribution in [3.63, 3.8) is 0 Å². The number of hydrogen-bond acceptors (Lipinski definition) is 6. The normalized spacial score (nSPS) is 15.6. The lowest BCUT2D eigenvalue weighted by atomic mass is 9.95. The lowest BCUT2D eigenvalue weighted by molar-refractivity contribution is -0.147. The van der Waals surface area contributed by atoms with Gasteiger partial charge >= 0.3 is 17.9 Å². The topological polar surface area (TPSA) is 78.9 Å². The van der Waals surface area contributed by atoms with E-state index in [-0.39, 0.29) is 29.9 Å². The fourth-order valence-corrected chi connectivity index (χ4v) is 7.65. The van der Waals surface area contributed by atoms with Crippen molar-refractivity contribution in [3.05, 3.63) is 0 Å². The van der Waals surface area contributed by atoms with Crippen molar-refractivity contribution in [2.75, 3.05) is 20.8 Å². The van der Waals surface area contributed by atoms with Crippen LogP contribution in [0.5, 0.6) is 0 Å². The maximum Gasteiger partial charge on any atom is 0.309 e. The number of hydrogen-bond donors (Lipinski definition) is 0. The first-order valence-corrected chi connectivity index (χ1v) is 16.2. The van der Waals surface area contributed by atoms with E-state index in [0.717, 1.165) is 0 Å². The molecule has 8 heteroatoms. The van der Waals surface area contributed by atoms with Gasteiger partial charge in [0.15, 0.2) is 0 Å². The Morgan fingerprint density at radius 3 is 1.85 bits per heavy atom. The molecule has 0 aromatic heterocycles. The molecular weight excluding hydrogens is 368 g/mol. The van der Waals surface area contributed by atoms with Crippen molar-refractivity contribution in [1.82, 2.24) is 0 Å². The number of carbonyl (C=O) groups is 3. The Hall–Kier alpha value is -1.16. The Morgan fingerprint density at radius 2 is 1.50 bits per heavy atom. The van der Waals surface area contributed by atoms with Gasteiger partial charge in [0.25, 0.3) is 0 Å². The van der Waals surface area contributed by atoms with E-state index in [1.807, 2.05) is 0 Å². The minimum absolute atomic E-state index is 0.132. The lowest BCUT2D eigenvalue weighted by Gasteiger charge is -2.44. The highest BCUT2D eigenvalue weighted by atomic mass is 28.3. The van der Waals surface area contributed by atoms with Gasteiger partial charge in [-0.1, -0.05) is 39.3 Å². The molecule has 0 aliphatic carbocycles. The van der Waals surface area contributed by atoms with Crippen LogP contribution in [-0.2, 0) is 28.6 Å². The zero-order valence-electron chi connectivity index (χ0n) is 17.9. The Balaban J connectivity index is 6.06. The Kier molecular flexibility index (Phi) is 9.25. The predicted molar refractivity (Wildman–Crippen MR) is 108 cm³/mol. The number of carbonyl (C=O) groups excluding carboxylic acids is 3. The molecule has 0 saturated heterocycles. The molecule has 0 spiro atoms. The van der Waals surface area contributed by atoms with Crippen molar-refractivity contribution >= 4 is 34.1 Å². The average Bonchev–Trinajstić information content (AvgIpc) is 2.51. The number of rotatable bonds is 10. The van der Waals surface area contributed by atoms with Gasteiger partial charge < -0.3 is 14.2 Å². The molecular formula is C18H36O6Si2. The Morgan fingerprint density at radius 1 is 0.962 bits per heavy atom. The van der Waals surface area contributed by atoms with E-state index in [2.05, 4.69) is 39.3 Å². The minimum Gasteiger partial charge on any atom is -0.469 e. The van der Waals surface area contributed by atoms with Gasteiger partial charge in [0.1, 0.15) is 0 Å². The van der Waals surface area contributed by atoms with Crippen LogP contribution in [-0.4, -0.2) is 54.9 Å². The summed E-state index contributed by atoms with van der Waals surface area (Å²) in [5, 5.41) is -0.854. The van der Waals surface area contributed by atoms with Crippen LogP contribution >= 0.6 is 0 Å². The molecule has 0 rings (SSSR count). The van der Waals surface area contributed by atoms with Gasteiger partial charge in [0, 0.05) is 6.42 Å². The summed E-state index contributed by atoms with van der Waals surface area (Å²) in [7, 11) is -1.40. The van der Waals surface area contributed by atoms with Gasteiger partial charge in [-0.3, -0.25) is 14.4 Å². The minimum atomic E-state index is -2.18. The van der Waals surface area contributed by atoms with Crippen molar-refractivity contribution in [1.29, 1.82) is 0 Å². The smallest absolute Gasteiger partial charge is 0.309 e. The molecule has 2 atom stereocenters. The van der Waals surface area contributed by atoms with Gasteiger partial charge in [0.05, 0.1) is 47.6 Å². The van der Waals surface area contributed by atoms with Crippen molar-refractivity contribution in [3.8, 4) is 0 Å². The number of esters is 3. The summed E-state index contributed by atoms with van der Waals surface area (Å²) in [4.78, 5) is 37.4. The summed E-state index contributed by atoms with van der Waals surface area (Å²) in [6.45, 7) is 14.6. The summed E-state index contributed by atoms with van der Waals surface area (Å²) >= 11 is 0. The van der Waals surface area contributed by atoms with Crippen molar-refractivity contribution < 1.29 is 28.6 Å². The van der Waals surface area contributed by atoms with Crippen LogP contribution in [0.25, 0.3) is 0 Å². The lowest BCUT2D eigenvalue weighted by Crippen LogP contribution is -2.50. The van der Waals surface area contributed by atoms with Crippen molar-refractivity contribution in [2.45, 2.75) is 76.0 Å². The Labute approximate surface area is 160 Å². The molecule has 0 aliphatic rings. The van der Waals surface area contributed by atoms with E-state index >= 15 is 0 Å². The molecule has 2 unspecified atom stereocenters. The van der Waals surface area contributed by atoms with Gasteiger partial charge in [-0.15, -0.1) is 0 Å². The van der Waals surface area contributed by atoms with E-state index < -0.39 is 21.2 Å². The third-order valence-corrected chi connectivity index (χ3v) is 11.2. The molecule has 6 nitrogen and oxygen atoms in total. The molecule has 0 N–H and O–H groups in total. The molecule has 152 valence electrons. The second-order valence-electron chi connectivity index (χ2n) is 8.77. The second kappa shape index (κ2) is 9.68. The first-order chi connectivity index (χ1) is 11.8. The molecule has 0 aromatic carbocycles. The predicted octanol–water partition coefficient (Wildman–Crippen LogP) is 3.85. The number of methoxy groups -OCH3 is 2. The molecule has 0 heterocycles. The van der Waals surface area contributed by atoms with Crippen LogP contribution in [0.1, 0.15) is 26.2 Å². The van der Waals surface area contributed by atoms with Crippen LogP contribution in [0, 0.1) is 0 Å². The summed E-state index contributed by atoms with van der Waals surface area (Å²) in [5.74, 6) is -0.957. The van der Waals surface area contributed by atoms with Crippen LogP contribution in [0.4, 0.5) is 0 Å². The molecule has 0 aromatic rings. The molecule has 0 radical (unpaired) electrons. The quantitative estimate of drug-likeness (QED) is 0.312. The first-order valence-electron chi connectivity index (χ1n) is 9.08. The van der Waals surface area contributed by atoms with E-state index in [0.29, 0.717) is 19.4 Å². The maximum absolute atomic E-state index is 12.9. The van der Waals surface area contributed by atoms with Crippen LogP contribution in [0.15, 0.2) is 0 Å². The zero-order chi connectivity index (χ0) is 20.8. The third-order valence-electron chi connectivity index (χ3n) is 5.16. The monoisotopic (exact) mass is 404 g/mol. The summed E-state index contributed by atoms with van der Waals surface area (Å²) in [6.07, 6.45) is 0.816. The van der Waals surface area contributed by atoms with Gasteiger partial charge in [-0.05, 0) is 19.8 Å². The van der Waals surface area contributed by atoms with Crippen molar-refractivity contribution in [2.24, 2.45) is 0 Å². The Bertz CT molecular complexity index is 507. The van der Waals surface area contributed by atoms with E-state index in [1.54, 1.807) is 6.92 Å². The molecule has 0 fully saturated rings. The zero-order valence-corrected chi connectivity index (χ0v) is 19.9. The van der Waals surface area contributed by atoms with Gasteiger partial charge in [0.2, 0.25) is 0 Å². The van der Waals surface area contributed by atoms with E-state index in [4.69, 9.17) is 14.2 Å². The van der Waals surface area contributed by atoms with Crippen LogP contribution < -0.4 is 0 Å². The van der Waals surface area contributed by atoms with Crippen LogP contribution in [0.3, 0.4) is 0 Å². The highest BCUT2D eigenvalue weighted by molar-refractivity contribution is 6.83. The van der Waals surface area contributed by atoms with Gasteiger partial charge in [-0.2, -0.15) is 0 Å². The third kappa shape index (κ3) is 6.23. The van der Waals surface area contributed by atoms with E-state index in [1.165, 1.54) is 14.2 Å². The summed E-state index contributed by atoms with van der Waals surface area (Å²) in [5.41, 5.74) is -0.347. The molecule has 0 amide bonds. The fraction of sp³-hybridized carbons (Fsp3) is 0.833. The summed E-state index contributed by atoms with van der Waals surface area (Å²) < 4.78 is 15.3. The standard InChI is InChI=1S/C18H36O6Si2/c1-10-24-15(19)11-12-18(17(21)23-3,26(7,8)9)13-14(16(20)22-2)25(4,5)6/h14H,10-13H2,1-9H3. The molecule has 0 aliphatic heterocycles. The maximum atomic E-state index is 12.9. The SMILES string of the molecule is CCOC(=O)CCC(CC(C(=O)OC)[Si](C)(C)C)(C(=O)OC)[Si](C)(C)C. The molecule has 26 heavy (non-hydrogen) atoms. The first kappa shape index (κ1) is 24.8. The second-order valence-corrected chi connectivity index (χ2v) is 19.7. The average molecular weight is 405 g/mol. The largest absolute Gasteiger partial charge is 0.469 e. The fourth-order valence-electron chi connectivity index (χ4n) is 3.25. The van der Waals surface area contributed by atoms with E-state index in [9.17, 15) is 14.4 Å². The summed E-state index contributed by atoms with van der Waals surface area (Å²) in [6, 6.07) is 0. The molecule has 0 saturated carbocycles. The van der Waals surface area contributed by atoms with Crippen LogP contribution in [0.2, 0.25) is 49.9 Å². The highest BCUT2D eigenvalue weighted by Crippen LogP contribution is 2.52. The number of ether oxygens (including phenoxy) is 3. The highest BCUT2D eigenvalue weighted by Gasteiger charge is 2.54. The molecule has 0 bridgehead atoms. The van der Waals surface area contributed by atoms with Gasteiger partial charge in [-0.25, -0.2) is 0 Å².